The van der Waals surface area contributed by atoms with E-state index in [0.717, 1.165) is 45.1 Å². The van der Waals surface area contributed by atoms with Crippen molar-refractivity contribution >= 4 is 5.97 Å². The molecule has 0 aromatic rings. The molecule has 1 aliphatic carbocycles. The molecule has 4 nitrogen and oxygen atoms in total. The van der Waals surface area contributed by atoms with Crippen molar-refractivity contribution < 1.29 is 14.3 Å². The van der Waals surface area contributed by atoms with Gasteiger partial charge in [0, 0.05) is 12.6 Å². The summed E-state index contributed by atoms with van der Waals surface area (Å²) >= 11 is 0. The molecule has 4 heteroatoms. The third kappa shape index (κ3) is 3.96. The summed E-state index contributed by atoms with van der Waals surface area (Å²) in [5.74, 6) is 0.0180. The quantitative estimate of drug-likeness (QED) is 0.763. The zero-order valence-corrected chi connectivity index (χ0v) is 10.4. The number of hydrogen-bond donors (Lipinski definition) is 1. The molecule has 1 saturated carbocycles. The molecule has 0 bridgehead atoms. The Morgan fingerprint density at radius 2 is 1.94 bits per heavy atom. The number of hydrogen-bond acceptors (Lipinski definition) is 4. The van der Waals surface area contributed by atoms with Gasteiger partial charge in [0.1, 0.15) is 6.61 Å². The highest BCUT2D eigenvalue weighted by Crippen LogP contribution is 2.24. The average molecular weight is 241 g/mol. The number of carbonyl (C=O) groups excluding carboxylic acids is 1. The molecule has 1 heterocycles. The van der Waals surface area contributed by atoms with E-state index in [-0.39, 0.29) is 24.0 Å². The predicted octanol–water partition coefficient (Wildman–Crippen LogP) is 1.62. The standard InChI is InChI=1S/C13H23NO3/c14-11-6-4-10(5-7-11)13(15)17-9-12-3-1-2-8-16-12/h10-12H,1-9,14H2. The van der Waals surface area contributed by atoms with Crippen LogP contribution >= 0.6 is 0 Å². The molecule has 0 spiro atoms. The zero-order chi connectivity index (χ0) is 12.1. The molecule has 0 aromatic heterocycles. The highest BCUT2D eigenvalue weighted by atomic mass is 16.6. The summed E-state index contributed by atoms with van der Waals surface area (Å²) in [7, 11) is 0. The van der Waals surface area contributed by atoms with Gasteiger partial charge in [0.25, 0.3) is 0 Å². The van der Waals surface area contributed by atoms with Crippen LogP contribution in [0.2, 0.25) is 0 Å². The first kappa shape index (κ1) is 12.8. The van der Waals surface area contributed by atoms with E-state index >= 15 is 0 Å². The smallest absolute Gasteiger partial charge is 0.309 e. The number of ether oxygens (including phenoxy) is 2. The largest absolute Gasteiger partial charge is 0.463 e. The molecule has 98 valence electrons. The van der Waals surface area contributed by atoms with E-state index in [1.807, 2.05) is 0 Å². The van der Waals surface area contributed by atoms with Crippen LogP contribution in [0, 0.1) is 5.92 Å². The van der Waals surface area contributed by atoms with Gasteiger partial charge < -0.3 is 15.2 Å². The Kier molecular flexibility index (Phi) is 4.80. The first-order valence-electron chi connectivity index (χ1n) is 6.79. The van der Waals surface area contributed by atoms with E-state index in [1.54, 1.807) is 0 Å². The minimum atomic E-state index is -0.0499. The molecule has 0 amide bonds. The molecule has 17 heavy (non-hydrogen) atoms. The lowest BCUT2D eigenvalue weighted by molar-refractivity contribution is -0.155. The van der Waals surface area contributed by atoms with Crippen LogP contribution in [-0.2, 0) is 14.3 Å². The van der Waals surface area contributed by atoms with Gasteiger partial charge in [-0.2, -0.15) is 0 Å². The van der Waals surface area contributed by atoms with Crippen molar-refractivity contribution in [2.75, 3.05) is 13.2 Å². The maximum absolute atomic E-state index is 11.8. The fourth-order valence-corrected chi connectivity index (χ4v) is 2.59. The van der Waals surface area contributed by atoms with E-state index in [0.29, 0.717) is 6.61 Å². The number of rotatable bonds is 3. The second kappa shape index (κ2) is 6.36. The first-order valence-corrected chi connectivity index (χ1v) is 6.79. The normalized spacial score (nSPS) is 34.3. The van der Waals surface area contributed by atoms with Crippen molar-refractivity contribution in [2.45, 2.75) is 57.1 Å². The monoisotopic (exact) mass is 241 g/mol. The third-order valence-corrected chi connectivity index (χ3v) is 3.79. The van der Waals surface area contributed by atoms with Gasteiger partial charge in [-0.25, -0.2) is 0 Å². The lowest BCUT2D eigenvalue weighted by Crippen LogP contribution is -2.32. The van der Waals surface area contributed by atoms with Crippen LogP contribution in [-0.4, -0.2) is 31.3 Å². The summed E-state index contributed by atoms with van der Waals surface area (Å²) in [6.07, 6.45) is 7.10. The minimum absolute atomic E-state index is 0.0499. The molecule has 0 radical (unpaired) electrons. The molecular weight excluding hydrogens is 218 g/mol. The molecule has 1 saturated heterocycles. The van der Waals surface area contributed by atoms with Crippen molar-refractivity contribution in [2.24, 2.45) is 11.7 Å². The molecule has 1 unspecified atom stereocenters. The van der Waals surface area contributed by atoms with Crippen LogP contribution in [0.1, 0.15) is 44.9 Å². The summed E-state index contributed by atoms with van der Waals surface area (Å²) in [6.45, 7) is 1.24. The van der Waals surface area contributed by atoms with E-state index in [9.17, 15) is 4.79 Å². The van der Waals surface area contributed by atoms with E-state index < -0.39 is 0 Å². The van der Waals surface area contributed by atoms with Crippen molar-refractivity contribution in [1.29, 1.82) is 0 Å². The van der Waals surface area contributed by atoms with Crippen molar-refractivity contribution in [3.63, 3.8) is 0 Å². The van der Waals surface area contributed by atoms with Crippen LogP contribution in [0.5, 0.6) is 0 Å². The van der Waals surface area contributed by atoms with Crippen molar-refractivity contribution in [1.82, 2.24) is 0 Å². The molecule has 1 atom stereocenters. The van der Waals surface area contributed by atoms with Crippen molar-refractivity contribution in [3.05, 3.63) is 0 Å². The Balaban J connectivity index is 1.66. The Hall–Kier alpha value is -0.610. The summed E-state index contributed by atoms with van der Waals surface area (Å²) < 4.78 is 10.9. The van der Waals surface area contributed by atoms with Gasteiger partial charge >= 0.3 is 5.97 Å². The van der Waals surface area contributed by atoms with Crippen LogP contribution in [0.15, 0.2) is 0 Å². The molecule has 2 rings (SSSR count). The zero-order valence-electron chi connectivity index (χ0n) is 10.4. The Morgan fingerprint density at radius 1 is 1.18 bits per heavy atom. The average Bonchev–Trinajstić information content (AvgIpc) is 2.38. The Labute approximate surface area is 103 Å². The maximum Gasteiger partial charge on any atom is 0.309 e. The van der Waals surface area contributed by atoms with Gasteiger partial charge in [-0.05, 0) is 44.9 Å². The Bertz CT molecular complexity index is 243. The van der Waals surface area contributed by atoms with E-state index in [2.05, 4.69) is 0 Å². The summed E-state index contributed by atoms with van der Waals surface area (Å²) in [5, 5.41) is 0. The Morgan fingerprint density at radius 3 is 2.59 bits per heavy atom. The predicted molar refractivity (Wildman–Crippen MR) is 64.5 cm³/mol. The maximum atomic E-state index is 11.8. The van der Waals surface area contributed by atoms with Gasteiger partial charge in [-0.15, -0.1) is 0 Å². The van der Waals surface area contributed by atoms with Crippen LogP contribution in [0.4, 0.5) is 0 Å². The summed E-state index contributed by atoms with van der Waals surface area (Å²) in [6, 6.07) is 0.278. The molecule has 2 aliphatic rings. The molecule has 2 N–H and O–H groups in total. The number of carbonyl (C=O) groups is 1. The van der Waals surface area contributed by atoms with Crippen LogP contribution in [0.25, 0.3) is 0 Å². The third-order valence-electron chi connectivity index (χ3n) is 3.79. The van der Waals surface area contributed by atoms with Gasteiger partial charge in [0.2, 0.25) is 0 Å². The highest BCUT2D eigenvalue weighted by Gasteiger charge is 2.26. The van der Waals surface area contributed by atoms with Gasteiger partial charge in [-0.3, -0.25) is 4.79 Å². The lowest BCUT2D eigenvalue weighted by Gasteiger charge is -2.26. The molecule has 1 aliphatic heterocycles. The molecule has 2 fully saturated rings. The van der Waals surface area contributed by atoms with Crippen LogP contribution < -0.4 is 5.73 Å². The molecular formula is C13H23NO3. The van der Waals surface area contributed by atoms with Gasteiger partial charge in [0.15, 0.2) is 0 Å². The first-order chi connectivity index (χ1) is 8.25. The second-order valence-corrected chi connectivity index (χ2v) is 5.23. The van der Waals surface area contributed by atoms with E-state index in [4.69, 9.17) is 15.2 Å². The number of esters is 1. The lowest BCUT2D eigenvalue weighted by atomic mass is 9.86. The van der Waals surface area contributed by atoms with Gasteiger partial charge in [-0.1, -0.05) is 0 Å². The minimum Gasteiger partial charge on any atom is -0.463 e. The molecule has 0 aromatic carbocycles. The second-order valence-electron chi connectivity index (χ2n) is 5.23. The fourth-order valence-electron chi connectivity index (χ4n) is 2.59. The highest BCUT2D eigenvalue weighted by molar-refractivity contribution is 5.72. The van der Waals surface area contributed by atoms with E-state index in [1.165, 1.54) is 6.42 Å². The SMILES string of the molecule is NC1CCC(C(=O)OCC2CCCCO2)CC1. The van der Waals surface area contributed by atoms with Crippen molar-refractivity contribution in [3.8, 4) is 0 Å². The summed E-state index contributed by atoms with van der Waals surface area (Å²) in [4.78, 5) is 11.8. The number of nitrogens with two attached hydrogens (primary N) is 1. The fraction of sp³-hybridized carbons (Fsp3) is 0.923. The topological polar surface area (TPSA) is 61.6 Å². The van der Waals surface area contributed by atoms with Gasteiger partial charge in [0.05, 0.1) is 12.0 Å². The van der Waals surface area contributed by atoms with Crippen LogP contribution in [0.3, 0.4) is 0 Å². The summed E-state index contributed by atoms with van der Waals surface area (Å²) in [5.41, 5.74) is 5.82.